The van der Waals surface area contributed by atoms with Crippen LogP contribution in [0.5, 0.6) is 0 Å². The molecular formula is C45H63N3O11. The quantitative estimate of drug-likeness (QED) is 0.169. The van der Waals surface area contributed by atoms with Crippen molar-refractivity contribution in [2.75, 3.05) is 20.3 Å². The number of fused-ring (bicyclic) bond motifs is 7. The standard InChI is InChI=1S/C45H63N3O11/c1-26-28-12-13-32-43(4,17-19-45(6)33-23-42(3,40(55)56-7)15-14-41(33,2)16-18-44(32,45)5)29(28)22-30(50)38(26)59-34(51)11-8-10-27-24-48(47-46-27)20-9-21-57-39-37(54)36(53)35(52)31(25-49)58-39/h12-13,22,24,31,33,35-37,39,49,52-54H,8-11,14-21,23,25H2,1-7H3/t31-,33+,35-,36+,37+,39-,41-,42-,43+,44-,45+/m1/s1. The van der Waals surface area contributed by atoms with E-state index in [-0.39, 0.29) is 52.2 Å². The second kappa shape index (κ2) is 16.1. The van der Waals surface area contributed by atoms with Crippen molar-refractivity contribution in [2.24, 2.45) is 33.0 Å². The minimum atomic E-state index is -1.50. The van der Waals surface area contributed by atoms with Crippen LogP contribution >= 0.6 is 0 Å². The van der Waals surface area contributed by atoms with Gasteiger partial charge in [0, 0.05) is 30.2 Å². The number of aromatic nitrogens is 3. The molecule has 1 aromatic heterocycles. The van der Waals surface area contributed by atoms with Gasteiger partial charge in [-0.3, -0.25) is 19.1 Å². The highest BCUT2D eigenvalue weighted by Crippen LogP contribution is 2.75. The molecule has 0 radical (unpaired) electrons. The van der Waals surface area contributed by atoms with Gasteiger partial charge in [0.2, 0.25) is 5.78 Å². The third-order valence-corrected chi connectivity index (χ3v) is 15.8. The van der Waals surface area contributed by atoms with Crippen LogP contribution in [0.1, 0.15) is 111 Å². The lowest BCUT2D eigenvalue weighted by Gasteiger charge is -2.70. The van der Waals surface area contributed by atoms with Crippen LogP contribution in [0.3, 0.4) is 0 Å². The molecule has 11 atom stereocenters. The Morgan fingerprint density at radius 1 is 0.966 bits per heavy atom. The number of rotatable bonds is 12. The number of ether oxygens (including phenoxy) is 4. The Kier molecular flexibility index (Phi) is 11.9. The lowest BCUT2D eigenvalue weighted by Crippen LogP contribution is -2.62. The number of allylic oxidation sites excluding steroid dienone is 7. The summed E-state index contributed by atoms with van der Waals surface area (Å²) >= 11 is 0. The van der Waals surface area contributed by atoms with Crippen molar-refractivity contribution < 1.29 is 53.8 Å². The van der Waals surface area contributed by atoms with E-state index in [1.165, 1.54) is 12.7 Å². The van der Waals surface area contributed by atoms with Crippen molar-refractivity contribution in [3.8, 4) is 0 Å². The number of carbonyl (C=O) groups is 3. The Morgan fingerprint density at radius 3 is 2.44 bits per heavy atom. The number of nitrogens with zero attached hydrogens (tertiary/aromatic N) is 3. The lowest BCUT2D eigenvalue weighted by atomic mass is 9.34. The number of hydrogen-bond donors (Lipinski definition) is 4. The van der Waals surface area contributed by atoms with E-state index in [9.17, 15) is 34.8 Å². The predicted octanol–water partition coefficient (Wildman–Crippen LogP) is 4.59. The molecule has 2 heterocycles. The van der Waals surface area contributed by atoms with Crippen molar-refractivity contribution in [1.29, 1.82) is 0 Å². The molecule has 5 aliphatic carbocycles. The van der Waals surface area contributed by atoms with Crippen LogP contribution in [0.2, 0.25) is 0 Å². The van der Waals surface area contributed by atoms with Crippen LogP contribution < -0.4 is 0 Å². The minimum absolute atomic E-state index is 0.0412. The number of aryl methyl sites for hydroxylation is 2. The van der Waals surface area contributed by atoms with Crippen molar-refractivity contribution in [2.45, 2.75) is 149 Å². The zero-order valence-electron chi connectivity index (χ0n) is 35.7. The molecule has 0 spiro atoms. The van der Waals surface area contributed by atoms with E-state index in [0.29, 0.717) is 43.0 Å². The fourth-order valence-corrected chi connectivity index (χ4v) is 11.8. The first-order valence-corrected chi connectivity index (χ1v) is 21.4. The van der Waals surface area contributed by atoms with Crippen LogP contribution in [-0.2, 0) is 46.3 Å². The Balaban J connectivity index is 0.957. The highest BCUT2D eigenvalue weighted by Gasteiger charge is 2.67. The van der Waals surface area contributed by atoms with E-state index < -0.39 is 48.7 Å². The molecule has 6 aliphatic rings. The summed E-state index contributed by atoms with van der Waals surface area (Å²) in [5, 5.41) is 47.7. The average Bonchev–Trinajstić information content (AvgIpc) is 3.66. The number of methoxy groups -OCH3 is 1. The average molecular weight is 822 g/mol. The topological polar surface area (TPSA) is 200 Å². The third-order valence-electron chi connectivity index (χ3n) is 15.8. The Bertz CT molecular complexity index is 1970. The molecule has 7 rings (SSSR count). The van der Waals surface area contributed by atoms with Gasteiger partial charge in [-0.25, -0.2) is 0 Å². The molecule has 0 bridgehead atoms. The molecule has 1 aliphatic heterocycles. The van der Waals surface area contributed by atoms with E-state index in [2.05, 4.69) is 57.1 Å². The summed E-state index contributed by atoms with van der Waals surface area (Å²) in [7, 11) is 1.50. The summed E-state index contributed by atoms with van der Waals surface area (Å²) in [6, 6.07) is 0. The molecular weight excluding hydrogens is 759 g/mol. The van der Waals surface area contributed by atoms with E-state index in [1.807, 2.05) is 6.92 Å². The molecule has 14 heteroatoms. The van der Waals surface area contributed by atoms with Gasteiger partial charge in [-0.1, -0.05) is 50.6 Å². The van der Waals surface area contributed by atoms with Crippen LogP contribution in [0.25, 0.3) is 0 Å². The van der Waals surface area contributed by atoms with Gasteiger partial charge in [0.1, 0.15) is 24.4 Å². The molecule has 0 amide bonds. The maximum absolute atomic E-state index is 13.8. The minimum Gasteiger partial charge on any atom is -0.469 e. The maximum atomic E-state index is 13.8. The van der Waals surface area contributed by atoms with E-state index in [1.54, 1.807) is 17.0 Å². The second-order valence-electron chi connectivity index (χ2n) is 19.3. The molecule has 3 saturated carbocycles. The van der Waals surface area contributed by atoms with Crippen LogP contribution in [0.4, 0.5) is 0 Å². The number of aliphatic hydroxyl groups excluding tert-OH is 4. The fraction of sp³-hybridized carbons (Fsp3) is 0.711. The number of esters is 2. The Labute approximate surface area is 346 Å². The van der Waals surface area contributed by atoms with Crippen LogP contribution in [-0.4, -0.2) is 104 Å². The molecule has 4 N–H and O–H groups in total. The molecule has 1 aromatic rings. The maximum Gasteiger partial charge on any atom is 0.311 e. The number of ketones is 1. The fourth-order valence-electron chi connectivity index (χ4n) is 11.8. The molecule has 0 unspecified atom stereocenters. The van der Waals surface area contributed by atoms with Gasteiger partial charge in [0.15, 0.2) is 12.0 Å². The van der Waals surface area contributed by atoms with Crippen molar-refractivity contribution in [3.63, 3.8) is 0 Å². The van der Waals surface area contributed by atoms with Gasteiger partial charge in [-0.2, -0.15) is 0 Å². The summed E-state index contributed by atoms with van der Waals surface area (Å²) in [5.41, 5.74) is 3.80. The largest absolute Gasteiger partial charge is 0.469 e. The molecule has 4 fully saturated rings. The van der Waals surface area contributed by atoms with E-state index in [0.717, 1.165) is 56.1 Å². The van der Waals surface area contributed by atoms with Crippen molar-refractivity contribution in [3.05, 3.63) is 58.2 Å². The van der Waals surface area contributed by atoms with Crippen molar-refractivity contribution >= 4 is 17.7 Å². The zero-order chi connectivity index (χ0) is 42.7. The summed E-state index contributed by atoms with van der Waals surface area (Å²) in [6.45, 7) is 13.6. The Morgan fingerprint density at radius 2 is 1.71 bits per heavy atom. The highest BCUT2D eigenvalue weighted by molar-refractivity contribution is 6.08. The first kappa shape index (κ1) is 43.6. The van der Waals surface area contributed by atoms with Gasteiger partial charge >= 0.3 is 11.9 Å². The lowest BCUT2D eigenvalue weighted by molar-refractivity contribution is -0.301. The molecule has 59 heavy (non-hydrogen) atoms. The van der Waals surface area contributed by atoms with Gasteiger partial charge in [0.05, 0.1) is 31.4 Å². The SMILES string of the molecule is COC(=O)[C@]1(C)CC[C@]2(C)CC[C@]3(C)C4=CC=C5C(=CC(=O)C(OC(=O)CCCc6cn(CCCO[C@@H]7O[C@H](CO)[C@@H](O)[C@H](O)[C@@H]7O)nn6)=C5C)[C@]4(C)CC[C@@]3(C)[C@H]2C1. The predicted molar refractivity (Wildman–Crippen MR) is 214 cm³/mol. The zero-order valence-corrected chi connectivity index (χ0v) is 35.7. The highest BCUT2D eigenvalue weighted by atomic mass is 16.7. The van der Waals surface area contributed by atoms with Crippen LogP contribution in [0, 0.1) is 33.0 Å². The second-order valence-corrected chi connectivity index (χ2v) is 19.3. The van der Waals surface area contributed by atoms with E-state index in [4.69, 9.17) is 18.9 Å². The summed E-state index contributed by atoms with van der Waals surface area (Å²) in [4.78, 5) is 40.0. The summed E-state index contributed by atoms with van der Waals surface area (Å²) in [6.07, 6.45) is 9.42. The number of carbonyl (C=O) groups excluding carboxylic acids is 3. The summed E-state index contributed by atoms with van der Waals surface area (Å²) < 4.78 is 23.7. The molecule has 1 saturated heterocycles. The number of hydrogen-bond acceptors (Lipinski definition) is 13. The monoisotopic (exact) mass is 821 g/mol. The number of aliphatic hydroxyl groups is 4. The molecule has 324 valence electrons. The first-order chi connectivity index (χ1) is 27.8. The normalized spacial score (nSPS) is 39.2. The third kappa shape index (κ3) is 7.39. The van der Waals surface area contributed by atoms with Gasteiger partial charge in [0.25, 0.3) is 0 Å². The van der Waals surface area contributed by atoms with Gasteiger partial charge < -0.3 is 39.4 Å². The smallest absolute Gasteiger partial charge is 0.311 e. The van der Waals surface area contributed by atoms with Crippen molar-refractivity contribution in [1.82, 2.24) is 15.0 Å². The van der Waals surface area contributed by atoms with Gasteiger partial charge in [-0.15, -0.1) is 5.10 Å². The summed E-state index contributed by atoms with van der Waals surface area (Å²) in [5.74, 6) is -0.457. The molecule has 14 nitrogen and oxygen atoms in total. The van der Waals surface area contributed by atoms with Gasteiger partial charge in [-0.05, 0) is 117 Å². The van der Waals surface area contributed by atoms with Crippen LogP contribution in [0.15, 0.2) is 52.5 Å². The first-order valence-electron chi connectivity index (χ1n) is 21.4. The Hall–Kier alpha value is -3.53. The molecule has 0 aromatic carbocycles. The van der Waals surface area contributed by atoms with E-state index >= 15 is 0 Å².